The molecule has 2 aliphatic rings. The van der Waals surface area contributed by atoms with Crippen LogP contribution < -0.4 is 16.0 Å². The Labute approximate surface area is 204 Å². The minimum atomic E-state index is -0.00460. The number of carbonyl (C=O) groups is 1. The molecule has 31 heavy (non-hydrogen) atoms. The van der Waals surface area contributed by atoms with Crippen LogP contribution in [0.5, 0.6) is 0 Å². The Kier molecular flexibility index (Phi) is 10.3. The van der Waals surface area contributed by atoms with Gasteiger partial charge in [0.05, 0.1) is 0 Å². The van der Waals surface area contributed by atoms with E-state index in [2.05, 4.69) is 45.8 Å². The number of hydrogen-bond donors (Lipinski definition) is 3. The molecule has 0 saturated carbocycles. The van der Waals surface area contributed by atoms with Crippen LogP contribution in [0.4, 0.5) is 10.5 Å². The van der Waals surface area contributed by atoms with E-state index in [1.54, 1.807) is 7.05 Å². The van der Waals surface area contributed by atoms with Crippen molar-refractivity contribution in [2.24, 2.45) is 4.99 Å². The summed E-state index contributed by atoms with van der Waals surface area (Å²) in [5, 5.41) is 9.89. The van der Waals surface area contributed by atoms with Crippen LogP contribution >= 0.6 is 24.0 Å². The topological polar surface area (TPSA) is 72.0 Å². The summed E-state index contributed by atoms with van der Waals surface area (Å²) in [5.74, 6) is 0.798. The number of halogens is 1. The van der Waals surface area contributed by atoms with E-state index in [9.17, 15) is 4.79 Å². The van der Waals surface area contributed by atoms with E-state index in [4.69, 9.17) is 0 Å². The van der Waals surface area contributed by atoms with Crippen LogP contribution in [-0.4, -0.2) is 67.1 Å². The second-order valence-electron chi connectivity index (χ2n) is 8.96. The molecule has 0 bridgehead atoms. The molecule has 1 aromatic carbocycles. The first-order chi connectivity index (χ1) is 14.5. The van der Waals surface area contributed by atoms with Gasteiger partial charge in [-0.3, -0.25) is 9.89 Å². The number of nitrogens with zero attached hydrogens (tertiary/aromatic N) is 3. The lowest BCUT2D eigenvalue weighted by atomic mass is 9.98. The fraction of sp³-hybridized carbons (Fsp3) is 0.652. The number of likely N-dealkylation sites (tertiary alicyclic amines) is 2. The lowest BCUT2D eigenvalue weighted by Crippen LogP contribution is -2.54. The first-order valence-electron chi connectivity index (χ1n) is 11.3. The van der Waals surface area contributed by atoms with Crippen molar-refractivity contribution in [2.75, 3.05) is 45.1 Å². The molecule has 0 radical (unpaired) electrons. The zero-order valence-electron chi connectivity index (χ0n) is 19.2. The third kappa shape index (κ3) is 7.82. The smallest absolute Gasteiger partial charge is 0.321 e. The van der Waals surface area contributed by atoms with E-state index in [1.165, 1.54) is 32.4 Å². The van der Waals surface area contributed by atoms with Crippen molar-refractivity contribution in [1.29, 1.82) is 0 Å². The first kappa shape index (κ1) is 25.7. The highest BCUT2D eigenvalue weighted by atomic mass is 127. The zero-order valence-corrected chi connectivity index (χ0v) is 21.6. The summed E-state index contributed by atoms with van der Waals surface area (Å²) >= 11 is 0. The van der Waals surface area contributed by atoms with E-state index in [0.29, 0.717) is 6.54 Å². The van der Waals surface area contributed by atoms with Crippen LogP contribution in [0, 0.1) is 0 Å². The van der Waals surface area contributed by atoms with Crippen molar-refractivity contribution in [3.8, 4) is 0 Å². The van der Waals surface area contributed by atoms with Crippen LogP contribution in [0.25, 0.3) is 0 Å². The lowest BCUT2D eigenvalue weighted by molar-refractivity contribution is 0.0982. The summed E-state index contributed by atoms with van der Waals surface area (Å²) < 4.78 is 0. The van der Waals surface area contributed by atoms with Gasteiger partial charge in [-0.2, -0.15) is 0 Å². The van der Waals surface area contributed by atoms with Gasteiger partial charge in [0.1, 0.15) is 0 Å². The monoisotopic (exact) mass is 542 g/mol. The molecule has 0 unspecified atom stereocenters. The maximum absolute atomic E-state index is 12.3. The van der Waals surface area contributed by atoms with E-state index < -0.39 is 0 Å². The van der Waals surface area contributed by atoms with E-state index >= 15 is 0 Å². The van der Waals surface area contributed by atoms with E-state index in [-0.39, 0.29) is 35.5 Å². The van der Waals surface area contributed by atoms with Gasteiger partial charge >= 0.3 is 6.03 Å². The molecular formula is C23H39IN6O. The summed E-state index contributed by atoms with van der Waals surface area (Å²) in [4.78, 5) is 21.1. The molecule has 8 heteroatoms. The number of nitrogens with one attached hydrogen (secondary N) is 3. The van der Waals surface area contributed by atoms with Gasteiger partial charge in [0.25, 0.3) is 0 Å². The quantitative estimate of drug-likeness (QED) is 0.290. The fourth-order valence-electron chi connectivity index (χ4n) is 4.20. The fourth-order valence-corrected chi connectivity index (χ4v) is 4.20. The third-order valence-corrected chi connectivity index (χ3v) is 6.16. The van der Waals surface area contributed by atoms with E-state index in [1.807, 2.05) is 23.1 Å². The summed E-state index contributed by atoms with van der Waals surface area (Å²) in [6.07, 6.45) is 6.12. The lowest BCUT2D eigenvalue weighted by Gasteiger charge is -2.41. The van der Waals surface area contributed by atoms with Gasteiger partial charge in [0.2, 0.25) is 0 Å². The Morgan fingerprint density at radius 2 is 1.71 bits per heavy atom. The van der Waals surface area contributed by atoms with Crippen LogP contribution in [-0.2, 0) is 6.54 Å². The Morgan fingerprint density at radius 1 is 1.03 bits per heavy atom. The number of amides is 2. The molecule has 174 valence electrons. The van der Waals surface area contributed by atoms with E-state index in [0.717, 1.165) is 49.7 Å². The summed E-state index contributed by atoms with van der Waals surface area (Å²) in [5.41, 5.74) is 2.03. The molecule has 2 aliphatic heterocycles. The highest BCUT2D eigenvalue weighted by Crippen LogP contribution is 2.20. The van der Waals surface area contributed by atoms with Crippen molar-refractivity contribution in [3.63, 3.8) is 0 Å². The highest BCUT2D eigenvalue weighted by Gasteiger charge is 2.27. The largest absolute Gasteiger partial charge is 0.355 e. The van der Waals surface area contributed by atoms with Crippen molar-refractivity contribution >= 4 is 41.7 Å². The predicted molar refractivity (Wildman–Crippen MR) is 139 cm³/mol. The number of benzene rings is 1. The van der Waals surface area contributed by atoms with Gasteiger partial charge < -0.3 is 20.9 Å². The standard InChI is InChI=1S/C23H38N6O.HI/c1-23(2,29-14-5-4-6-15-29)18-26-21(24-3)25-17-19-10-9-11-20(16-19)27-22(30)28-12-7-8-13-28;/h9-11,16H,4-8,12-15,17-18H2,1-3H3,(H,27,30)(H2,24,25,26);1H. The number of hydrogen-bond acceptors (Lipinski definition) is 3. The average Bonchev–Trinajstić information content (AvgIpc) is 3.30. The number of guanidine groups is 1. The summed E-state index contributed by atoms with van der Waals surface area (Å²) in [7, 11) is 1.80. The molecule has 7 nitrogen and oxygen atoms in total. The summed E-state index contributed by atoms with van der Waals surface area (Å²) in [6, 6.07) is 7.99. The Hall–Kier alpha value is -1.55. The van der Waals surface area contributed by atoms with Crippen molar-refractivity contribution < 1.29 is 4.79 Å². The van der Waals surface area contributed by atoms with Gasteiger partial charge in [0, 0.05) is 44.5 Å². The number of aliphatic imine (C=N–C) groups is 1. The molecule has 2 heterocycles. The van der Waals surface area contributed by atoms with Crippen molar-refractivity contribution in [2.45, 2.75) is 58.0 Å². The SMILES string of the molecule is CN=C(NCc1cccc(NC(=O)N2CCCC2)c1)NCC(C)(C)N1CCCCC1.I. The second kappa shape index (κ2) is 12.5. The maximum atomic E-state index is 12.3. The highest BCUT2D eigenvalue weighted by molar-refractivity contribution is 14.0. The maximum Gasteiger partial charge on any atom is 0.321 e. The molecule has 2 fully saturated rings. The number of anilines is 1. The average molecular weight is 543 g/mol. The minimum Gasteiger partial charge on any atom is -0.355 e. The van der Waals surface area contributed by atoms with Crippen LogP contribution in [0.2, 0.25) is 0 Å². The molecule has 0 atom stereocenters. The number of carbonyl (C=O) groups excluding carboxylic acids is 1. The molecule has 0 spiro atoms. The Morgan fingerprint density at radius 3 is 2.39 bits per heavy atom. The van der Waals surface area contributed by atoms with Crippen molar-refractivity contribution in [3.05, 3.63) is 29.8 Å². The molecule has 3 rings (SSSR count). The van der Waals surface area contributed by atoms with Gasteiger partial charge in [-0.05, 0) is 70.3 Å². The molecule has 1 aromatic rings. The van der Waals surface area contributed by atoms with Gasteiger partial charge in [-0.25, -0.2) is 4.79 Å². The minimum absolute atomic E-state index is 0. The Balaban J connectivity index is 0.00000341. The molecule has 2 saturated heterocycles. The predicted octanol–water partition coefficient (Wildman–Crippen LogP) is 3.86. The van der Waals surface area contributed by atoms with Crippen LogP contribution in [0.3, 0.4) is 0 Å². The van der Waals surface area contributed by atoms with Gasteiger partial charge in [-0.1, -0.05) is 18.6 Å². The van der Waals surface area contributed by atoms with Crippen molar-refractivity contribution in [1.82, 2.24) is 20.4 Å². The molecule has 3 N–H and O–H groups in total. The summed E-state index contributed by atoms with van der Waals surface area (Å²) in [6.45, 7) is 10.1. The normalized spacial score (nSPS) is 17.8. The second-order valence-corrected chi connectivity index (χ2v) is 8.96. The van der Waals surface area contributed by atoms with Gasteiger partial charge in [-0.15, -0.1) is 24.0 Å². The third-order valence-electron chi connectivity index (χ3n) is 6.16. The molecule has 2 amide bonds. The van der Waals surface area contributed by atoms with Crippen LogP contribution in [0.1, 0.15) is 51.5 Å². The zero-order chi connectivity index (χ0) is 21.4. The number of urea groups is 1. The number of piperidine rings is 1. The Bertz CT molecular complexity index is 727. The first-order valence-corrected chi connectivity index (χ1v) is 11.3. The number of rotatable bonds is 6. The molecule has 0 aliphatic carbocycles. The van der Waals surface area contributed by atoms with Crippen LogP contribution in [0.15, 0.2) is 29.3 Å². The molecule has 0 aromatic heterocycles. The molecular weight excluding hydrogens is 503 g/mol. The van der Waals surface area contributed by atoms with Gasteiger partial charge in [0.15, 0.2) is 5.96 Å².